The molecule has 1 amide bonds. The number of carbonyl (C=O) groups is 2. The topological polar surface area (TPSA) is 55.4 Å². The van der Waals surface area contributed by atoms with Crippen molar-refractivity contribution >= 4 is 29.0 Å². The van der Waals surface area contributed by atoms with Crippen molar-refractivity contribution in [2.75, 3.05) is 12.4 Å². The number of nitrogens with one attached hydrogen (secondary N) is 1. The second-order valence-electron chi connectivity index (χ2n) is 6.23. The Balaban J connectivity index is 1.67. The summed E-state index contributed by atoms with van der Waals surface area (Å²) in [5, 5.41) is 3.39. The molecule has 2 aliphatic rings. The third-order valence-electron chi connectivity index (χ3n) is 4.84. The van der Waals surface area contributed by atoms with Gasteiger partial charge in [-0.1, -0.05) is 18.0 Å². The van der Waals surface area contributed by atoms with Gasteiger partial charge in [0.05, 0.1) is 12.1 Å². The molecule has 0 spiro atoms. The minimum Gasteiger partial charge on any atom is -0.495 e. The number of rotatable bonds is 3. The number of methoxy groups -OCH3 is 1. The molecule has 118 valence electrons. The Bertz CT molecular complexity index is 586. The van der Waals surface area contributed by atoms with Gasteiger partial charge >= 0.3 is 0 Å². The number of ether oxygens (including phenoxy) is 1. The second-order valence-corrected chi connectivity index (χ2v) is 6.64. The summed E-state index contributed by atoms with van der Waals surface area (Å²) in [6.45, 7) is 0. The third kappa shape index (κ3) is 2.98. The van der Waals surface area contributed by atoms with Crippen LogP contribution in [0, 0.1) is 17.8 Å². The van der Waals surface area contributed by atoms with Crippen LogP contribution in [0.4, 0.5) is 5.69 Å². The maximum atomic E-state index is 12.5. The highest BCUT2D eigenvalue weighted by Crippen LogP contribution is 2.40. The lowest BCUT2D eigenvalue weighted by atomic mass is 9.67. The molecule has 1 aromatic rings. The number of anilines is 1. The van der Waals surface area contributed by atoms with Gasteiger partial charge in [0, 0.05) is 23.4 Å². The fourth-order valence-electron chi connectivity index (χ4n) is 3.68. The first-order valence-electron chi connectivity index (χ1n) is 7.76. The molecular formula is C17H20ClNO3. The van der Waals surface area contributed by atoms with Crippen LogP contribution in [0.25, 0.3) is 0 Å². The smallest absolute Gasteiger partial charge is 0.227 e. The molecule has 2 aliphatic carbocycles. The lowest BCUT2D eigenvalue weighted by Gasteiger charge is -2.36. The van der Waals surface area contributed by atoms with Crippen LogP contribution in [0.15, 0.2) is 18.2 Å². The van der Waals surface area contributed by atoms with Gasteiger partial charge in [0.2, 0.25) is 5.91 Å². The third-order valence-corrected chi connectivity index (χ3v) is 5.13. The summed E-state index contributed by atoms with van der Waals surface area (Å²) in [7, 11) is 1.55. The molecule has 1 N–H and O–H groups in total. The molecule has 1 unspecified atom stereocenters. The fourth-order valence-corrected chi connectivity index (χ4v) is 3.94. The molecule has 0 heterocycles. The lowest BCUT2D eigenvalue weighted by Crippen LogP contribution is -2.40. The van der Waals surface area contributed by atoms with Crippen LogP contribution in [-0.2, 0) is 9.59 Å². The van der Waals surface area contributed by atoms with Crippen molar-refractivity contribution in [3.05, 3.63) is 23.2 Å². The van der Waals surface area contributed by atoms with Gasteiger partial charge in [-0.15, -0.1) is 0 Å². The van der Waals surface area contributed by atoms with Crippen molar-refractivity contribution in [2.45, 2.75) is 32.1 Å². The molecule has 0 saturated heterocycles. The molecule has 5 heteroatoms. The van der Waals surface area contributed by atoms with Crippen molar-refractivity contribution in [1.82, 2.24) is 0 Å². The maximum absolute atomic E-state index is 12.5. The minimum absolute atomic E-state index is 0.00867. The number of hydrogen-bond donors (Lipinski definition) is 1. The first-order chi connectivity index (χ1) is 10.6. The molecule has 1 aromatic carbocycles. The highest BCUT2D eigenvalue weighted by molar-refractivity contribution is 6.32. The first-order valence-corrected chi connectivity index (χ1v) is 8.14. The molecule has 3 atom stereocenters. The number of hydrogen-bond acceptors (Lipinski definition) is 3. The van der Waals surface area contributed by atoms with E-state index in [0.29, 0.717) is 35.1 Å². The van der Waals surface area contributed by atoms with E-state index >= 15 is 0 Å². The molecule has 0 aromatic heterocycles. The number of ketones is 1. The lowest BCUT2D eigenvalue weighted by molar-refractivity contribution is -0.136. The van der Waals surface area contributed by atoms with Gasteiger partial charge in [-0.2, -0.15) is 0 Å². The molecule has 4 nitrogen and oxygen atoms in total. The van der Waals surface area contributed by atoms with E-state index in [-0.39, 0.29) is 23.7 Å². The van der Waals surface area contributed by atoms with Crippen molar-refractivity contribution in [2.24, 2.45) is 17.8 Å². The van der Waals surface area contributed by atoms with Crippen molar-refractivity contribution in [3.8, 4) is 5.75 Å². The van der Waals surface area contributed by atoms with Crippen LogP contribution in [-0.4, -0.2) is 18.8 Å². The Morgan fingerprint density at radius 1 is 1.27 bits per heavy atom. The first kappa shape index (κ1) is 15.3. The van der Waals surface area contributed by atoms with Gasteiger partial charge in [-0.05, 0) is 43.9 Å². The van der Waals surface area contributed by atoms with Gasteiger partial charge in [0.25, 0.3) is 0 Å². The number of Topliss-reactive ketones (excluding diaryl/α,β-unsaturated/α-hetero) is 1. The summed E-state index contributed by atoms with van der Waals surface area (Å²) >= 11 is 6.07. The van der Waals surface area contributed by atoms with Crippen molar-refractivity contribution < 1.29 is 14.3 Å². The van der Waals surface area contributed by atoms with Crippen LogP contribution in [0.3, 0.4) is 0 Å². The number of halogens is 1. The fraction of sp³-hybridized carbons (Fsp3) is 0.529. The number of amides is 1. The molecule has 22 heavy (non-hydrogen) atoms. The van der Waals surface area contributed by atoms with E-state index in [2.05, 4.69) is 5.32 Å². The number of fused-ring (bicyclic) bond motifs is 2. The van der Waals surface area contributed by atoms with Crippen LogP contribution >= 0.6 is 11.6 Å². The van der Waals surface area contributed by atoms with Gasteiger partial charge in [-0.25, -0.2) is 0 Å². The van der Waals surface area contributed by atoms with Gasteiger partial charge in [-0.3, -0.25) is 9.59 Å². The van der Waals surface area contributed by atoms with Crippen molar-refractivity contribution in [3.63, 3.8) is 0 Å². The highest BCUT2D eigenvalue weighted by atomic mass is 35.5. The van der Waals surface area contributed by atoms with Crippen LogP contribution < -0.4 is 10.1 Å². The molecular weight excluding hydrogens is 302 g/mol. The normalized spacial score (nSPS) is 27.4. The minimum atomic E-state index is -0.0751. The van der Waals surface area contributed by atoms with Crippen LogP contribution in [0.5, 0.6) is 5.75 Å². The molecule has 2 saturated carbocycles. The van der Waals surface area contributed by atoms with E-state index < -0.39 is 0 Å². The van der Waals surface area contributed by atoms with E-state index in [1.807, 2.05) is 0 Å². The molecule has 3 rings (SSSR count). The molecule has 0 radical (unpaired) electrons. The zero-order chi connectivity index (χ0) is 15.7. The van der Waals surface area contributed by atoms with Gasteiger partial charge in [0.1, 0.15) is 11.5 Å². The van der Waals surface area contributed by atoms with Crippen molar-refractivity contribution in [1.29, 1.82) is 0 Å². The largest absolute Gasteiger partial charge is 0.495 e. The zero-order valence-corrected chi connectivity index (χ0v) is 13.4. The van der Waals surface area contributed by atoms with E-state index in [4.69, 9.17) is 16.3 Å². The number of carbonyl (C=O) groups excluding carboxylic acids is 2. The maximum Gasteiger partial charge on any atom is 0.227 e. The Kier molecular flexibility index (Phi) is 4.39. The average molecular weight is 322 g/mol. The standard InChI is InChI=1S/C17H20ClNO3/c1-22-15-6-5-13(9-14(15)18)19-17(21)12-7-10-3-2-4-11(8-12)16(10)20/h5-6,9-12H,2-4,7-8H2,1H3,(H,19,21)/t10-,11+,12?. The zero-order valence-electron chi connectivity index (χ0n) is 12.6. The number of benzene rings is 1. The van der Waals surface area contributed by atoms with Gasteiger partial charge in [0.15, 0.2) is 0 Å². The van der Waals surface area contributed by atoms with Crippen LogP contribution in [0.2, 0.25) is 5.02 Å². The monoisotopic (exact) mass is 321 g/mol. The van der Waals surface area contributed by atoms with E-state index in [1.165, 1.54) is 0 Å². The summed E-state index contributed by atoms with van der Waals surface area (Å²) in [6, 6.07) is 5.20. The summed E-state index contributed by atoms with van der Waals surface area (Å²) in [4.78, 5) is 24.6. The average Bonchev–Trinajstić information content (AvgIpc) is 2.47. The predicted molar refractivity (Wildman–Crippen MR) is 85.2 cm³/mol. The van der Waals surface area contributed by atoms with Crippen LogP contribution in [0.1, 0.15) is 32.1 Å². The highest BCUT2D eigenvalue weighted by Gasteiger charge is 2.41. The van der Waals surface area contributed by atoms with E-state index in [1.54, 1.807) is 25.3 Å². The Hall–Kier alpha value is -1.55. The summed E-state index contributed by atoms with van der Waals surface area (Å²) in [6.07, 6.45) is 4.36. The van der Waals surface area contributed by atoms with Gasteiger partial charge < -0.3 is 10.1 Å². The van der Waals surface area contributed by atoms with E-state index in [9.17, 15) is 9.59 Å². The predicted octanol–water partition coefficient (Wildman–Crippen LogP) is 3.68. The quantitative estimate of drug-likeness (QED) is 0.924. The summed E-state index contributed by atoms with van der Waals surface area (Å²) < 4.78 is 5.10. The molecule has 2 fully saturated rings. The second kappa shape index (κ2) is 6.29. The Labute approximate surface area is 135 Å². The SMILES string of the molecule is COc1ccc(NC(=O)C2C[C@H]3CCC[C@@H](C2)C3=O)cc1Cl. The molecule has 0 aliphatic heterocycles. The Morgan fingerprint density at radius 3 is 2.55 bits per heavy atom. The Morgan fingerprint density at radius 2 is 1.95 bits per heavy atom. The molecule has 2 bridgehead atoms. The van der Waals surface area contributed by atoms with E-state index in [0.717, 1.165) is 19.3 Å². The summed E-state index contributed by atoms with van der Waals surface area (Å²) in [5.41, 5.74) is 0.665. The summed E-state index contributed by atoms with van der Waals surface area (Å²) in [5.74, 6) is 1.05.